The van der Waals surface area contributed by atoms with Crippen molar-refractivity contribution >= 4 is 23.2 Å². The third-order valence-electron chi connectivity index (χ3n) is 5.53. The van der Waals surface area contributed by atoms with Gasteiger partial charge in [0.2, 0.25) is 5.85 Å². The van der Waals surface area contributed by atoms with Crippen molar-refractivity contribution in [1.82, 2.24) is 34.1 Å². The molecule has 0 unspecified atom stereocenters. The smallest absolute Gasteiger partial charge is 0.283 e. The number of alkyl halides is 3. The van der Waals surface area contributed by atoms with E-state index >= 15 is 0 Å². The number of hydrogen-bond donors (Lipinski definition) is 1. The van der Waals surface area contributed by atoms with E-state index in [9.17, 15) is 13.2 Å². The minimum Gasteiger partial charge on any atom is -0.338 e. The number of aromatic nitrogens is 7. The van der Waals surface area contributed by atoms with Gasteiger partial charge in [0.25, 0.3) is 5.92 Å². The fourth-order valence-corrected chi connectivity index (χ4v) is 4.11. The van der Waals surface area contributed by atoms with Gasteiger partial charge in [0.1, 0.15) is 18.2 Å². The molecule has 0 atom stereocenters. The largest absolute Gasteiger partial charge is 0.338 e. The maximum Gasteiger partial charge on any atom is 0.283 e. The lowest BCUT2D eigenvalue weighted by molar-refractivity contribution is -0.128. The number of aryl methyl sites for hydroxylation is 1. The number of pyridine rings is 1. The van der Waals surface area contributed by atoms with Gasteiger partial charge in [-0.3, -0.25) is 4.68 Å². The summed E-state index contributed by atoms with van der Waals surface area (Å²) in [4.78, 5) is 4.30. The molecule has 184 valence electrons. The maximum atomic E-state index is 14.9. The molecule has 0 aromatic carbocycles. The zero-order valence-corrected chi connectivity index (χ0v) is 19.9. The molecule has 5 heterocycles. The van der Waals surface area contributed by atoms with Crippen molar-refractivity contribution in [2.24, 2.45) is 7.05 Å². The second-order valence-corrected chi connectivity index (χ2v) is 9.20. The van der Waals surface area contributed by atoms with Crippen molar-refractivity contribution in [3.8, 4) is 22.6 Å². The molecule has 0 saturated carbocycles. The molecule has 9 nitrogen and oxygen atoms in total. The molecule has 0 saturated heterocycles. The molecule has 0 aliphatic carbocycles. The molecule has 4 aromatic heterocycles. The first-order chi connectivity index (χ1) is 16.5. The van der Waals surface area contributed by atoms with Crippen LogP contribution in [-0.2, 0) is 31.5 Å². The number of fused-ring (bicyclic) bond motifs is 3. The monoisotopic (exact) mass is 506 g/mol. The second-order valence-electron chi connectivity index (χ2n) is 8.79. The third-order valence-corrected chi connectivity index (χ3v) is 5.83. The van der Waals surface area contributed by atoms with Crippen LogP contribution < -0.4 is 5.32 Å². The number of nitrogens with zero attached hydrogens (tertiary/aromatic N) is 7. The van der Waals surface area contributed by atoms with Crippen molar-refractivity contribution in [1.29, 1.82) is 0 Å². The molecule has 35 heavy (non-hydrogen) atoms. The van der Waals surface area contributed by atoms with E-state index in [0.717, 1.165) is 5.82 Å². The minimum absolute atomic E-state index is 0.117. The lowest BCUT2D eigenvalue weighted by atomic mass is 10.1. The molecule has 13 heteroatoms. The van der Waals surface area contributed by atoms with Crippen LogP contribution in [0.5, 0.6) is 0 Å². The lowest BCUT2D eigenvalue weighted by Crippen LogP contribution is -2.28. The van der Waals surface area contributed by atoms with E-state index in [2.05, 4.69) is 25.6 Å². The molecule has 0 amide bonds. The van der Waals surface area contributed by atoms with E-state index < -0.39 is 24.9 Å². The number of anilines is 2. The predicted octanol–water partition coefficient (Wildman–Crippen LogP) is 4.81. The average Bonchev–Trinajstić information content (AvgIpc) is 3.45. The summed E-state index contributed by atoms with van der Waals surface area (Å²) in [5.41, 5.74) is 1.64. The number of ether oxygens (including phenoxy) is 1. The zero-order chi connectivity index (χ0) is 25.0. The van der Waals surface area contributed by atoms with Gasteiger partial charge in [-0.1, -0.05) is 11.6 Å². The van der Waals surface area contributed by atoms with Crippen LogP contribution in [-0.4, -0.2) is 45.9 Å². The first kappa shape index (κ1) is 23.4. The first-order valence-electron chi connectivity index (χ1n) is 10.7. The van der Waals surface area contributed by atoms with Crippen LogP contribution in [0.1, 0.15) is 19.7 Å². The van der Waals surface area contributed by atoms with Crippen LogP contribution in [0.15, 0.2) is 36.8 Å². The Hall–Kier alpha value is -3.38. The van der Waals surface area contributed by atoms with Crippen LogP contribution in [0, 0.1) is 0 Å². The van der Waals surface area contributed by atoms with Gasteiger partial charge in [0.15, 0.2) is 11.6 Å². The molecular weight excluding hydrogens is 485 g/mol. The van der Waals surface area contributed by atoms with E-state index in [4.69, 9.17) is 16.3 Å². The third kappa shape index (κ3) is 4.76. The van der Waals surface area contributed by atoms with Gasteiger partial charge in [-0.15, -0.1) is 10.2 Å². The predicted molar refractivity (Wildman–Crippen MR) is 123 cm³/mol. The van der Waals surface area contributed by atoms with Gasteiger partial charge in [-0.25, -0.2) is 18.2 Å². The van der Waals surface area contributed by atoms with E-state index in [1.165, 1.54) is 29.2 Å². The Kier molecular flexibility index (Phi) is 5.59. The molecule has 4 aromatic rings. The molecule has 0 bridgehead atoms. The molecule has 0 fully saturated rings. The molecular formula is C22H22ClF3N8O. The number of halogens is 4. The van der Waals surface area contributed by atoms with Gasteiger partial charge < -0.3 is 19.2 Å². The van der Waals surface area contributed by atoms with Crippen molar-refractivity contribution in [2.75, 3.05) is 5.32 Å². The summed E-state index contributed by atoms with van der Waals surface area (Å²) < 4.78 is 53.1. The number of nitrogens with one attached hydrogen (secondary N) is 1. The van der Waals surface area contributed by atoms with Gasteiger partial charge in [0.05, 0.1) is 30.0 Å². The van der Waals surface area contributed by atoms with Gasteiger partial charge in [-0.2, -0.15) is 5.10 Å². The van der Waals surface area contributed by atoms with Gasteiger partial charge in [0, 0.05) is 36.6 Å². The summed E-state index contributed by atoms with van der Waals surface area (Å²) in [6, 6.07) is 5.24. The van der Waals surface area contributed by atoms with E-state index in [1.54, 1.807) is 42.3 Å². The van der Waals surface area contributed by atoms with E-state index in [0.29, 0.717) is 27.7 Å². The average molecular weight is 507 g/mol. The Morgan fingerprint density at radius 3 is 2.74 bits per heavy atom. The lowest BCUT2D eigenvalue weighted by Gasteiger charge is -2.18. The molecule has 0 spiro atoms. The SMILES string of the molecule is Cn1nccc1Nc1cc(-c2cc3n(c2)CC(F)(F)Cn2c(COC(C)(C)F)nnc2-3)c(Cl)cn1. The van der Waals surface area contributed by atoms with Crippen LogP contribution in [0.4, 0.5) is 24.8 Å². The number of rotatable bonds is 6. The van der Waals surface area contributed by atoms with Gasteiger partial charge >= 0.3 is 0 Å². The van der Waals surface area contributed by atoms with Gasteiger partial charge in [-0.05, 0) is 26.0 Å². The van der Waals surface area contributed by atoms with Crippen LogP contribution in [0.25, 0.3) is 22.6 Å². The Bertz CT molecular complexity index is 1390. The highest BCUT2D eigenvalue weighted by atomic mass is 35.5. The molecule has 5 rings (SSSR count). The van der Waals surface area contributed by atoms with Crippen molar-refractivity contribution in [3.05, 3.63) is 47.6 Å². The van der Waals surface area contributed by atoms with Crippen LogP contribution in [0.2, 0.25) is 5.02 Å². The second kappa shape index (κ2) is 8.38. The Morgan fingerprint density at radius 1 is 1.23 bits per heavy atom. The highest BCUT2D eigenvalue weighted by Crippen LogP contribution is 2.37. The van der Waals surface area contributed by atoms with Crippen molar-refractivity contribution in [3.63, 3.8) is 0 Å². The quantitative estimate of drug-likeness (QED) is 0.404. The Labute approximate surface area is 203 Å². The van der Waals surface area contributed by atoms with Crippen molar-refractivity contribution < 1.29 is 17.9 Å². The fourth-order valence-electron chi connectivity index (χ4n) is 3.90. The summed E-state index contributed by atoms with van der Waals surface area (Å²) in [5.74, 6) is -3.46. The molecule has 1 N–H and O–H groups in total. The highest BCUT2D eigenvalue weighted by Gasteiger charge is 2.37. The topological polar surface area (TPSA) is 87.6 Å². The Morgan fingerprint density at radius 2 is 2.03 bits per heavy atom. The summed E-state index contributed by atoms with van der Waals surface area (Å²) >= 11 is 6.43. The maximum absolute atomic E-state index is 14.9. The first-order valence-corrected chi connectivity index (χ1v) is 11.1. The number of hydrogen-bond acceptors (Lipinski definition) is 6. The van der Waals surface area contributed by atoms with Crippen LogP contribution in [0.3, 0.4) is 0 Å². The van der Waals surface area contributed by atoms with E-state index in [-0.39, 0.29) is 18.3 Å². The summed E-state index contributed by atoms with van der Waals surface area (Å²) in [6.07, 6.45) is 4.74. The standard InChI is InChI=1S/C22H22ClF3N8O/c1-21(2,24)35-10-19-30-31-20-16-6-13(9-33(16)11-22(25,26)12-34(19)20)14-7-17(27-8-15(14)23)29-18-4-5-28-32(18)3/h4-9H,10-12H2,1-3H3,(H,27,29). The zero-order valence-electron chi connectivity index (χ0n) is 19.1. The molecule has 1 aliphatic heterocycles. The summed E-state index contributed by atoms with van der Waals surface area (Å²) in [7, 11) is 1.79. The minimum atomic E-state index is -3.10. The normalized spacial score (nSPS) is 14.9. The summed E-state index contributed by atoms with van der Waals surface area (Å²) in [6.45, 7) is 0.957. The Balaban J connectivity index is 1.54. The fraction of sp³-hybridized carbons (Fsp3) is 0.364. The van der Waals surface area contributed by atoms with E-state index in [1.807, 2.05) is 0 Å². The van der Waals surface area contributed by atoms with Crippen LogP contribution >= 0.6 is 11.6 Å². The molecule has 1 aliphatic rings. The molecule has 0 radical (unpaired) electrons. The highest BCUT2D eigenvalue weighted by molar-refractivity contribution is 6.33. The van der Waals surface area contributed by atoms with Crippen molar-refractivity contribution in [2.45, 2.75) is 45.3 Å². The summed E-state index contributed by atoms with van der Waals surface area (Å²) in [5, 5.41) is 15.7.